The van der Waals surface area contributed by atoms with Crippen LogP contribution in [-0.4, -0.2) is 30.5 Å². The minimum Gasteiger partial charge on any atom is -0.496 e. The van der Waals surface area contributed by atoms with Crippen LogP contribution in [0.25, 0.3) is 0 Å². The van der Waals surface area contributed by atoms with Crippen LogP contribution in [0.4, 0.5) is 11.4 Å². The second-order valence-corrected chi connectivity index (χ2v) is 5.12. The van der Waals surface area contributed by atoms with Crippen LogP contribution in [0.1, 0.15) is 5.56 Å². The van der Waals surface area contributed by atoms with E-state index in [2.05, 4.69) is 15.8 Å². The first-order valence-corrected chi connectivity index (χ1v) is 7.51. The lowest BCUT2D eigenvalue weighted by molar-refractivity contribution is -0.385. The van der Waals surface area contributed by atoms with Gasteiger partial charge in [-0.3, -0.25) is 15.5 Å². The molecule has 0 aliphatic carbocycles. The fraction of sp³-hybridized carbons (Fsp3) is 0.125. The lowest BCUT2D eigenvalue weighted by atomic mass is 10.1. The highest BCUT2D eigenvalue weighted by atomic mass is 32.1. The normalized spacial score (nSPS) is 10.3. The third-order valence-corrected chi connectivity index (χ3v) is 3.32. The lowest BCUT2D eigenvalue weighted by Gasteiger charge is -2.09. The number of nitrogens with one attached hydrogen (secondary N) is 2. The van der Waals surface area contributed by atoms with Crippen molar-refractivity contribution in [2.45, 2.75) is 0 Å². The van der Waals surface area contributed by atoms with Crippen molar-refractivity contribution in [3.05, 3.63) is 58.1 Å². The third kappa shape index (κ3) is 4.88. The lowest BCUT2D eigenvalue weighted by Crippen LogP contribution is -2.23. The zero-order valence-electron chi connectivity index (χ0n) is 13.6. The number of nitro groups is 1. The van der Waals surface area contributed by atoms with Crippen molar-refractivity contribution < 1.29 is 14.4 Å². The molecule has 0 unspecified atom stereocenters. The number of methoxy groups -OCH3 is 2. The van der Waals surface area contributed by atoms with E-state index in [0.717, 1.165) is 5.69 Å². The van der Waals surface area contributed by atoms with Gasteiger partial charge in [0.2, 0.25) is 5.75 Å². The average molecular weight is 360 g/mol. The molecule has 2 aromatic carbocycles. The molecule has 0 saturated carbocycles. The summed E-state index contributed by atoms with van der Waals surface area (Å²) in [6, 6.07) is 12.1. The molecule has 0 aliphatic rings. The van der Waals surface area contributed by atoms with Crippen LogP contribution in [0, 0.1) is 10.1 Å². The molecule has 2 rings (SSSR count). The number of hydrazone groups is 1. The smallest absolute Gasteiger partial charge is 0.311 e. The highest BCUT2D eigenvalue weighted by Gasteiger charge is 2.18. The first kappa shape index (κ1) is 18.1. The van der Waals surface area contributed by atoms with Crippen LogP contribution in [-0.2, 0) is 0 Å². The summed E-state index contributed by atoms with van der Waals surface area (Å²) in [6.07, 6.45) is 1.38. The molecule has 8 nitrogen and oxygen atoms in total. The Hall–Kier alpha value is -3.20. The van der Waals surface area contributed by atoms with Gasteiger partial charge in [-0.05, 0) is 24.4 Å². The van der Waals surface area contributed by atoms with E-state index in [1.54, 1.807) is 0 Å². The summed E-state index contributed by atoms with van der Waals surface area (Å²) in [6.45, 7) is 0. The van der Waals surface area contributed by atoms with Crippen molar-refractivity contribution in [1.29, 1.82) is 0 Å². The summed E-state index contributed by atoms with van der Waals surface area (Å²) in [5.41, 5.74) is 3.68. The molecule has 0 radical (unpaired) electrons. The van der Waals surface area contributed by atoms with Gasteiger partial charge in [-0.2, -0.15) is 5.10 Å². The number of nitro benzene ring substituents is 1. The molecule has 25 heavy (non-hydrogen) atoms. The number of thiocarbonyl (C=S) groups is 1. The van der Waals surface area contributed by atoms with Crippen molar-refractivity contribution in [3.8, 4) is 11.5 Å². The van der Waals surface area contributed by atoms with Crippen LogP contribution in [0.3, 0.4) is 0 Å². The van der Waals surface area contributed by atoms with Gasteiger partial charge in [0.05, 0.1) is 25.4 Å². The predicted molar refractivity (Wildman–Crippen MR) is 99.6 cm³/mol. The van der Waals surface area contributed by atoms with E-state index in [1.807, 2.05) is 30.3 Å². The summed E-state index contributed by atoms with van der Waals surface area (Å²) < 4.78 is 10.2. The SMILES string of the molecule is COc1cc(OC)c([N+](=O)[O-])cc1/C=N/NC(=S)Nc1ccccc1. The van der Waals surface area contributed by atoms with Gasteiger partial charge < -0.3 is 14.8 Å². The van der Waals surface area contributed by atoms with Gasteiger partial charge in [-0.1, -0.05) is 18.2 Å². The summed E-state index contributed by atoms with van der Waals surface area (Å²) in [5, 5.41) is 18.3. The monoisotopic (exact) mass is 360 g/mol. The Morgan fingerprint density at radius 2 is 1.88 bits per heavy atom. The van der Waals surface area contributed by atoms with Crippen molar-refractivity contribution in [2.24, 2.45) is 5.10 Å². The maximum absolute atomic E-state index is 11.1. The van der Waals surface area contributed by atoms with Gasteiger partial charge in [-0.15, -0.1) is 0 Å². The summed E-state index contributed by atoms with van der Waals surface area (Å²) in [4.78, 5) is 10.6. The van der Waals surface area contributed by atoms with Crippen LogP contribution in [0.5, 0.6) is 11.5 Å². The largest absolute Gasteiger partial charge is 0.496 e. The van der Waals surface area contributed by atoms with E-state index in [4.69, 9.17) is 21.7 Å². The number of hydrogen-bond donors (Lipinski definition) is 2. The zero-order valence-corrected chi connectivity index (χ0v) is 14.4. The number of ether oxygens (including phenoxy) is 2. The van der Waals surface area contributed by atoms with E-state index in [-0.39, 0.29) is 16.5 Å². The van der Waals surface area contributed by atoms with Gasteiger partial charge in [0.25, 0.3) is 0 Å². The van der Waals surface area contributed by atoms with Crippen LogP contribution >= 0.6 is 12.2 Å². The Labute approximate surface area is 149 Å². The van der Waals surface area contributed by atoms with Gasteiger partial charge in [0, 0.05) is 23.4 Å². The van der Waals surface area contributed by atoms with E-state index in [9.17, 15) is 10.1 Å². The highest BCUT2D eigenvalue weighted by molar-refractivity contribution is 7.80. The van der Waals surface area contributed by atoms with Gasteiger partial charge >= 0.3 is 5.69 Å². The molecule has 130 valence electrons. The van der Waals surface area contributed by atoms with Crippen molar-refractivity contribution in [2.75, 3.05) is 19.5 Å². The molecule has 0 heterocycles. The van der Waals surface area contributed by atoms with Crippen LogP contribution < -0.4 is 20.2 Å². The Morgan fingerprint density at radius 1 is 1.20 bits per heavy atom. The number of hydrogen-bond acceptors (Lipinski definition) is 6. The molecular formula is C16H16N4O4S. The number of anilines is 1. The summed E-state index contributed by atoms with van der Waals surface area (Å²) >= 11 is 5.12. The fourth-order valence-corrected chi connectivity index (χ4v) is 2.16. The number of para-hydroxylation sites is 1. The second-order valence-electron chi connectivity index (χ2n) is 4.71. The Balaban J connectivity index is 2.12. The molecule has 0 bridgehead atoms. The highest BCUT2D eigenvalue weighted by Crippen LogP contribution is 2.33. The molecule has 0 aromatic heterocycles. The van der Waals surface area contributed by atoms with Gasteiger partial charge in [0.1, 0.15) is 5.75 Å². The second kappa shape index (κ2) is 8.60. The number of benzene rings is 2. The van der Waals surface area contributed by atoms with Gasteiger partial charge in [0.15, 0.2) is 5.11 Å². The fourth-order valence-electron chi connectivity index (χ4n) is 1.99. The molecule has 0 atom stereocenters. The van der Waals surface area contributed by atoms with E-state index >= 15 is 0 Å². The molecule has 0 saturated heterocycles. The first-order valence-electron chi connectivity index (χ1n) is 7.10. The molecule has 0 spiro atoms. The minimum absolute atomic E-state index is 0.105. The molecular weight excluding hydrogens is 344 g/mol. The quantitative estimate of drug-likeness (QED) is 0.354. The first-order chi connectivity index (χ1) is 12.0. The van der Waals surface area contributed by atoms with Crippen LogP contribution in [0.2, 0.25) is 0 Å². The predicted octanol–water partition coefficient (Wildman–Crippen LogP) is 2.93. The van der Waals surface area contributed by atoms with Crippen molar-refractivity contribution in [3.63, 3.8) is 0 Å². The van der Waals surface area contributed by atoms with Crippen molar-refractivity contribution in [1.82, 2.24) is 5.43 Å². The number of rotatable bonds is 6. The van der Waals surface area contributed by atoms with Gasteiger partial charge in [-0.25, -0.2) is 0 Å². The molecule has 0 aliphatic heterocycles. The van der Waals surface area contributed by atoms with Crippen LogP contribution in [0.15, 0.2) is 47.6 Å². The van der Waals surface area contributed by atoms with Crippen molar-refractivity contribution >= 4 is 34.9 Å². The van der Waals surface area contributed by atoms with E-state index in [1.165, 1.54) is 32.6 Å². The third-order valence-electron chi connectivity index (χ3n) is 3.13. The summed E-state index contributed by atoms with van der Waals surface area (Å²) in [5.74, 6) is 0.489. The summed E-state index contributed by atoms with van der Waals surface area (Å²) in [7, 11) is 2.80. The topological polar surface area (TPSA) is 98.0 Å². The van der Waals surface area contributed by atoms with E-state index < -0.39 is 4.92 Å². The van der Waals surface area contributed by atoms with E-state index in [0.29, 0.717) is 11.3 Å². The molecule has 2 N–H and O–H groups in total. The Kier molecular flexibility index (Phi) is 6.24. The number of nitrogens with zero attached hydrogens (tertiary/aromatic N) is 2. The Bertz CT molecular complexity index is 796. The standard InChI is InChI=1S/C16H16N4O4S/c1-23-14-9-15(24-2)13(20(21)22)8-11(14)10-17-19-16(25)18-12-6-4-3-5-7-12/h3-10H,1-2H3,(H2,18,19,25)/b17-10+. The maximum Gasteiger partial charge on any atom is 0.311 e. The molecule has 0 amide bonds. The molecule has 2 aromatic rings. The Morgan fingerprint density at radius 3 is 2.48 bits per heavy atom. The maximum atomic E-state index is 11.1. The average Bonchev–Trinajstić information content (AvgIpc) is 2.61. The minimum atomic E-state index is -0.537. The molecule has 0 fully saturated rings. The zero-order chi connectivity index (χ0) is 18.2. The molecule has 9 heteroatoms.